The second-order valence-corrected chi connectivity index (χ2v) is 15.6. The molecule has 0 fully saturated rings. The lowest BCUT2D eigenvalue weighted by Crippen LogP contribution is -2.19. The van der Waals surface area contributed by atoms with Gasteiger partial charge in [0.25, 0.3) is 0 Å². The summed E-state index contributed by atoms with van der Waals surface area (Å²) in [6.45, 7) is 18.7. The van der Waals surface area contributed by atoms with Crippen molar-refractivity contribution in [3.05, 3.63) is 149 Å². The summed E-state index contributed by atoms with van der Waals surface area (Å²) in [6.07, 6.45) is 0. The van der Waals surface area contributed by atoms with Gasteiger partial charge in [-0.2, -0.15) is 0 Å². The van der Waals surface area contributed by atoms with E-state index in [9.17, 15) is 0 Å². The predicted octanol–water partition coefficient (Wildman–Crippen LogP) is 12.5. The third-order valence-electron chi connectivity index (χ3n) is 10.9. The first kappa shape index (κ1) is 28.8. The summed E-state index contributed by atoms with van der Waals surface area (Å²) in [5.41, 5.74) is 17.2. The number of rotatable bonds is 3. The van der Waals surface area contributed by atoms with Crippen molar-refractivity contribution >= 4 is 27.8 Å². The average molecular weight is 598 g/mol. The molecule has 0 aliphatic heterocycles. The molecule has 6 aromatic rings. The first-order chi connectivity index (χ1) is 21.9. The minimum absolute atomic E-state index is 0.0748. The van der Waals surface area contributed by atoms with Crippen molar-refractivity contribution in [2.24, 2.45) is 0 Å². The average Bonchev–Trinajstić information content (AvgIpc) is 3.40. The van der Waals surface area contributed by atoms with Gasteiger partial charge in [0.15, 0.2) is 0 Å². The number of hydrogen-bond donors (Lipinski definition) is 0. The molecular formula is C45H43N. The zero-order chi connectivity index (χ0) is 32.2. The van der Waals surface area contributed by atoms with Gasteiger partial charge in [0, 0.05) is 27.6 Å². The van der Waals surface area contributed by atoms with Gasteiger partial charge >= 0.3 is 0 Å². The molecule has 1 heteroatoms. The maximum atomic E-state index is 2.51. The van der Waals surface area contributed by atoms with Gasteiger partial charge in [-0.05, 0) is 104 Å². The molecule has 0 atom stereocenters. The standard InChI is InChI=1S/C45H43N/c1-28-13-11-14-29-15-12-18-41(42(28)29)46(31-20-23-35-33-16-9-10-17-37(33)44(5,6)39(35)26-31)32-21-24-36-34-22-19-30(43(2,3)4)25-38(34)45(7,8)40(36)27-32/h9-27H,1-8H3. The molecule has 0 aromatic heterocycles. The van der Waals surface area contributed by atoms with Gasteiger partial charge in [-0.15, -0.1) is 0 Å². The molecule has 0 spiro atoms. The summed E-state index contributed by atoms with van der Waals surface area (Å²) in [5, 5.41) is 2.56. The van der Waals surface area contributed by atoms with E-state index in [1.807, 2.05) is 0 Å². The van der Waals surface area contributed by atoms with E-state index in [-0.39, 0.29) is 16.2 Å². The van der Waals surface area contributed by atoms with Crippen LogP contribution in [-0.2, 0) is 16.2 Å². The fourth-order valence-electron chi connectivity index (χ4n) is 8.28. The lowest BCUT2D eigenvalue weighted by atomic mass is 9.79. The van der Waals surface area contributed by atoms with E-state index in [1.165, 1.54) is 83.5 Å². The normalized spacial score (nSPS) is 15.3. The SMILES string of the molecule is Cc1cccc2cccc(N(c3ccc4c(c3)C(C)(C)c3ccccc3-4)c3ccc4c(c3)C(C)(C)c3cc(C(C)(C)C)ccc3-4)c12. The predicted molar refractivity (Wildman–Crippen MR) is 197 cm³/mol. The Balaban J connectivity index is 1.35. The molecule has 0 amide bonds. The Morgan fingerprint density at radius 2 is 1.02 bits per heavy atom. The Bertz CT molecular complexity index is 2200. The third-order valence-corrected chi connectivity index (χ3v) is 10.9. The molecule has 1 nitrogen and oxygen atoms in total. The molecule has 0 radical (unpaired) electrons. The van der Waals surface area contributed by atoms with Gasteiger partial charge in [-0.3, -0.25) is 0 Å². The topological polar surface area (TPSA) is 3.24 Å². The van der Waals surface area contributed by atoms with Gasteiger partial charge < -0.3 is 4.90 Å². The van der Waals surface area contributed by atoms with Crippen molar-refractivity contribution in [2.75, 3.05) is 4.90 Å². The van der Waals surface area contributed by atoms with E-state index >= 15 is 0 Å². The lowest BCUT2D eigenvalue weighted by molar-refractivity contribution is 0.584. The Kier molecular flexibility index (Phi) is 6.07. The molecule has 0 saturated heterocycles. The van der Waals surface area contributed by atoms with Crippen molar-refractivity contribution in [1.29, 1.82) is 0 Å². The van der Waals surface area contributed by atoms with E-state index in [4.69, 9.17) is 0 Å². The molecule has 0 N–H and O–H groups in total. The molecular weight excluding hydrogens is 555 g/mol. The van der Waals surface area contributed by atoms with Crippen LogP contribution in [0.3, 0.4) is 0 Å². The number of nitrogens with zero attached hydrogens (tertiary/aromatic N) is 1. The van der Waals surface area contributed by atoms with Crippen LogP contribution in [0.4, 0.5) is 17.1 Å². The van der Waals surface area contributed by atoms with Crippen LogP contribution in [0.2, 0.25) is 0 Å². The molecule has 0 saturated carbocycles. The molecule has 8 rings (SSSR count). The summed E-state index contributed by atoms with van der Waals surface area (Å²) in [5.74, 6) is 0. The van der Waals surface area contributed by atoms with Gasteiger partial charge in [0.1, 0.15) is 0 Å². The maximum absolute atomic E-state index is 2.51. The van der Waals surface area contributed by atoms with Gasteiger partial charge in [0.2, 0.25) is 0 Å². The summed E-state index contributed by atoms with van der Waals surface area (Å²) in [4.78, 5) is 2.51. The zero-order valence-electron chi connectivity index (χ0n) is 28.4. The van der Waals surface area contributed by atoms with Crippen LogP contribution in [0.25, 0.3) is 33.0 Å². The molecule has 228 valence electrons. The highest BCUT2D eigenvalue weighted by Crippen LogP contribution is 2.54. The summed E-state index contributed by atoms with van der Waals surface area (Å²) >= 11 is 0. The number of benzene rings is 6. The van der Waals surface area contributed by atoms with E-state index in [0.29, 0.717) is 0 Å². The summed E-state index contributed by atoms with van der Waals surface area (Å²) in [7, 11) is 0. The number of anilines is 3. The minimum Gasteiger partial charge on any atom is -0.310 e. The van der Waals surface area contributed by atoms with Crippen molar-refractivity contribution in [2.45, 2.75) is 71.6 Å². The fraction of sp³-hybridized carbons (Fsp3) is 0.244. The van der Waals surface area contributed by atoms with Gasteiger partial charge in [-0.1, -0.05) is 133 Å². The molecule has 0 bridgehead atoms. The highest BCUT2D eigenvalue weighted by molar-refractivity contribution is 6.01. The van der Waals surface area contributed by atoms with Crippen LogP contribution >= 0.6 is 0 Å². The third kappa shape index (κ3) is 4.07. The van der Waals surface area contributed by atoms with Crippen molar-refractivity contribution in [1.82, 2.24) is 0 Å². The Morgan fingerprint density at radius 3 is 1.65 bits per heavy atom. The molecule has 2 aliphatic rings. The number of hydrogen-bond acceptors (Lipinski definition) is 1. The lowest BCUT2D eigenvalue weighted by Gasteiger charge is -2.31. The Labute approximate surface area is 274 Å². The first-order valence-electron chi connectivity index (χ1n) is 16.7. The Morgan fingerprint density at radius 1 is 0.500 bits per heavy atom. The van der Waals surface area contributed by atoms with Crippen LogP contribution in [0, 0.1) is 6.92 Å². The summed E-state index contributed by atoms with van der Waals surface area (Å²) < 4.78 is 0. The molecule has 6 aromatic carbocycles. The van der Waals surface area contributed by atoms with Crippen LogP contribution in [-0.4, -0.2) is 0 Å². The van der Waals surface area contributed by atoms with Gasteiger partial charge in [-0.25, -0.2) is 0 Å². The van der Waals surface area contributed by atoms with E-state index < -0.39 is 0 Å². The van der Waals surface area contributed by atoms with E-state index in [1.54, 1.807) is 0 Å². The van der Waals surface area contributed by atoms with Gasteiger partial charge in [0.05, 0.1) is 5.69 Å². The number of fused-ring (bicyclic) bond motifs is 7. The maximum Gasteiger partial charge on any atom is 0.0542 e. The smallest absolute Gasteiger partial charge is 0.0542 e. The highest BCUT2D eigenvalue weighted by atomic mass is 15.1. The van der Waals surface area contributed by atoms with Crippen molar-refractivity contribution in [3.8, 4) is 22.3 Å². The largest absolute Gasteiger partial charge is 0.310 e. The number of aryl methyl sites for hydroxylation is 1. The highest BCUT2D eigenvalue weighted by Gasteiger charge is 2.38. The molecule has 2 aliphatic carbocycles. The zero-order valence-corrected chi connectivity index (χ0v) is 28.4. The van der Waals surface area contributed by atoms with Crippen LogP contribution in [0.1, 0.15) is 81.8 Å². The quantitative estimate of drug-likeness (QED) is 0.196. The van der Waals surface area contributed by atoms with Crippen molar-refractivity contribution < 1.29 is 0 Å². The second-order valence-electron chi connectivity index (χ2n) is 15.6. The molecule has 46 heavy (non-hydrogen) atoms. The van der Waals surface area contributed by atoms with Crippen LogP contribution in [0.15, 0.2) is 115 Å². The first-order valence-corrected chi connectivity index (χ1v) is 16.7. The van der Waals surface area contributed by atoms with E-state index in [0.717, 1.165) is 0 Å². The van der Waals surface area contributed by atoms with E-state index in [2.05, 4.69) is 176 Å². The van der Waals surface area contributed by atoms with Crippen LogP contribution in [0.5, 0.6) is 0 Å². The van der Waals surface area contributed by atoms with Crippen LogP contribution < -0.4 is 4.90 Å². The minimum atomic E-state index is -0.107. The monoisotopic (exact) mass is 597 g/mol. The molecule has 0 unspecified atom stereocenters. The van der Waals surface area contributed by atoms with Crippen molar-refractivity contribution in [3.63, 3.8) is 0 Å². The molecule has 0 heterocycles. The second kappa shape index (κ2) is 9.69. The fourth-order valence-corrected chi connectivity index (χ4v) is 8.28. The Hall–Kier alpha value is -4.62. The summed E-state index contributed by atoms with van der Waals surface area (Å²) in [6, 6.07) is 43.8.